The molecule has 1 saturated carbocycles. The molecule has 1 atom stereocenters. The minimum Gasteiger partial charge on any atom is -0.372 e. The van der Waals surface area contributed by atoms with E-state index >= 15 is 0 Å². The second kappa shape index (κ2) is 4.90. The van der Waals surface area contributed by atoms with Crippen LogP contribution in [0.2, 0.25) is 0 Å². The van der Waals surface area contributed by atoms with Crippen molar-refractivity contribution in [1.82, 2.24) is 24.8 Å². The van der Waals surface area contributed by atoms with Gasteiger partial charge < -0.3 is 10.4 Å². The lowest BCUT2D eigenvalue weighted by atomic mass is 10.2. The van der Waals surface area contributed by atoms with Gasteiger partial charge in [0.1, 0.15) is 5.69 Å². The van der Waals surface area contributed by atoms with Crippen molar-refractivity contribution in [3.05, 3.63) is 33.4 Å². The van der Waals surface area contributed by atoms with E-state index in [4.69, 9.17) is 0 Å². The number of aromatic amines is 1. The van der Waals surface area contributed by atoms with E-state index in [0.29, 0.717) is 29.1 Å². The number of H-pyrrole nitrogens is 1. The van der Waals surface area contributed by atoms with Gasteiger partial charge in [0.25, 0.3) is 11.5 Å². The topological polar surface area (TPSA) is 103 Å². The molecular weight excluding hydrogens is 298 g/mol. The molecule has 1 fully saturated rings. The van der Waals surface area contributed by atoms with Gasteiger partial charge in [-0.25, -0.2) is 9.50 Å². The highest BCUT2D eigenvalue weighted by atomic mass is 16.3. The molecule has 1 unspecified atom stereocenters. The number of aliphatic hydroxyl groups is 1. The normalized spacial score (nSPS) is 21.1. The fourth-order valence-corrected chi connectivity index (χ4v) is 2.94. The summed E-state index contributed by atoms with van der Waals surface area (Å²) in [6, 6.07) is 1.89. The SMILES string of the molecule is CC(C)N1Cc2c(nc3cc(C(=O)NC4CC4)[nH]n3c2=O)C1O. The van der Waals surface area contributed by atoms with Gasteiger partial charge in [-0.3, -0.25) is 19.6 Å². The van der Waals surface area contributed by atoms with Crippen LogP contribution in [0, 0.1) is 0 Å². The summed E-state index contributed by atoms with van der Waals surface area (Å²) in [7, 11) is 0. The van der Waals surface area contributed by atoms with E-state index in [0.717, 1.165) is 12.8 Å². The van der Waals surface area contributed by atoms with Gasteiger partial charge in [0.2, 0.25) is 0 Å². The van der Waals surface area contributed by atoms with E-state index in [9.17, 15) is 14.7 Å². The second-order valence-electron chi connectivity index (χ2n) is 6.53. The molecule has 8 heteroatoms. The highest BCUT2D eigenvalue weighted by Gasteiger charge is 2.35. The summed E-state index contributed by atoms with van der Waals surface area (Å²) in [6.07, 6.45) is 1.10. The van der Waals surface area contributed by atoms with Crippen molar-refractivity contribution < 1.29 is 9.90 Å². The van der Waals surface area contributed by atoms with E-state index in [2.05, 4.69) is 15.4 Å². The summed E-state index contributed by atoms with van der Waals surface area (Å²) < 4.78 is 1.27. The number of fused-ring (bicyclic) bond motifs is 2. The molecule has 0 radical (unpaired) electrons. The molecule has 0 spiro atoms. The van der Waals surface area contributed by atoms with Crippen LogP contribution in [0.1, 0.15) is 54.7 Å². The maximum Gasteiger partial charge on any atom is 0.277 e. The zero-order valence-electron chi connectivity index (χ0n) is 13.0. The minimum atomic E-state index is -0.888. The number of nitrogens with one attached hydrogen (secondary N) is 2. The summed E-state index contributed by atoms with van der Waals surface area (Å²) >= 11 is 0. The lowest BCUT2D eigenvalue weighted by Crippen LogP contribution is -2.29. The molecule has 2 aromatic rings. The van der Waals surface area contributed by atoms with E-state index in [1.54, 1.807) is 11.0 Å². The molecule has 2 aromatic heterocycles. The fourth-order valence-electron chi connectivity index (χ4n) is 2.94. The van der Waals surface area contributed by atoms with Gasteiger partial charge in [0, 0.05) is 24.7 Å². The molecule has 3 heterocycles. The smallest absolute Gasteiger partial charge is 0.277 e. The van der Waals surface area contributed by atoms with Gasteiger partial charge in [-0.1, -0.05) is 0 Å². The molecule has 0 saturated heterocycles. The Hall–Kier alpha value is -2.19. The third-order valence-corrected chi connectivity index (χ3v) is 4.46. The summed E-state index contributed by atoms with van der Waals surface area (Å²) in [5, 5.41) is 16.0. The molecule has 4 rings (SSSR count). The molecule has 3 N–H and O–H groups in total. The Morgan fingerprint density at radius 3 is 2.87 bits per heavy atom. The Labute approximate surface area is 132 Å². The first-order chi connectivity index (χ1) is 11.0. The summed E-state index contributed by atoms with van der Waals surface area (Å²) in [6.45, 7) is 4.27. The van der Waals surface area contributed by atoms with Crippen LogP contribution in [-0.2, 0) is 6.54 Å². The molecule has 0 aromatic carbocycles. The highest BCUT2D eigenvalue weighted by Crippen LogP contribution is 2.30. The summed E-state index contributed by atoms with van der Waals surface area (Å²) in [5.41, 5.74) is 1.24. The number of rotatable bonds is 3. The van der Waals surface area contributed by atoms with E-state index < -0.39 is 6.23 Å². The first kappa shape index (κ1) is 14.4. The van der Waals surface area contributed by atoms with Crippen LogP contribution in [-0.4, -0.2) is 42.6 Å². The van der Waals surface area contributed by atoms with Crippen LogP contribution in [0.3, 0.4) is 0 Å². The Kier molecular flexibility index (Phi) is 3.07. The number of aromatic nitrogens is 3. The van der Waals surface area contributed by atoms with Crippen molar-refractivity contribution in [2.24, 2.45) is 0 Å². The van der Waals surface area contributed by atoms with Crippen molar-refractivity contribution in [2.45, 2.75) is 51.5 Å². The number of carbonyl (C=O) groups excluding carboxylic acids is 1. The number of aliphatic hydroxyl groups excluding tert-OH is 1. The Balaban J connectivity index is 1.76. The molecule has 23 heavy (non-hydrogen) atoms. The molecule has 1 amide bonds. The molecule has 8 nitrogen and oxygen atoms in total. The van der Waals surface area contributed by atoms with Crippen molar-refractivity contribution >= 4 is 11.6 Å². The zero-order chi connectivity index (χ0) is 16.3. The monoisotopic (exact) mass is 317 g/mol. The van der Waals surface area contributed by atoms with Crippen LogP contribution in [0.25, 0.3) is 5.65 Å². The Morgan fingerprint density at radius 1 is 1.48 bits per heavy atom. The largest absolute Gasteiger partial charge is 0.372 e. The maximum atomic E-state index is 12.6. The van der Waals surface area contributed by atoms with E-state index in [1.807, 2.05) is 13.8 Å². The average Bonchev–Trinajstić information content (AvgIpc) is 3.09. The van der Waals surface area contributed by atoms with E-state index in [-0.39, 0.29) is 23.6 Å². The van der Waals surface area contributed by atoms with Crippen molar-refractivity contribution in [1.29, 1.82) is 0 Å². The molecule has 0 bridgehead atoms. The van der Waals surface area contributed by atoms with Gasteiger partial charge in [-0.2, -0.15) is 0 Å². The predicted octanol–water partition coefficient (Wildman–Crippen LogP) is 0.130. The number of nitrogens with zero attached hydrogens (tertiary/aromatic N) is 3. The Morgan fingerprint density at radius 2 is 2.22 bits per heavy atom. The quantitative estimate of drug-likeness (QED) is 0.747. The van der Waals surface area contributed by atoms with Crippen LogP contribution >= 0.6 is 0 Å². The van der Waals surface area contributed by atoms with Crippen LogP contribution in [0.4, 0.5) is 0 Å². The third-order valence-electron chi connectivity index (χ3n) is 4.46. The molecule has 122 valence electrons. The predicted molar refractivity (Wildman–Crippen MR) is 81.9 cm³/mol. The lowest BCUT2D eigenvalue weighted by Gasteiger charge is -2.23. The maximum absolute atomic E-state index is 12.6. The zero-order valence-corrected chi connectivity index (χ0v) is 13.0. The van der Waals surface area contributed by atoms with Gasteiger partial charge in [-0.15, -0.1) is 0 Å². The summed E-state index contributed by atoms with van der Waals surface area (Å²) in [4.78, 5) is 30.9. The van der Waals surface area contributed by atoms with Crippen molar-refractivity contribution in [3.63, 3.8) is 0 Å². The number of amides is 1. The second-order valence-corrected chi connectivity index (χ2v) is 6.53. The van der Waals surface area contributed by atoms with Gasteiger partial charge >= 0.3 is 0 Å². The number of hydrogen-bond acceptors (Lipinski definition) is 5. The average molecular weight is 317 g/mol. The fraction of sp³-hybridized carbons (Fsp3) is 0.533. The van der Waals surface area contributed by atoms with Gasteiger partial charge in [0.05, 0.1) is 11.3 Å². The van der Waals surface area contributed by atoms with Gasteiger partial charge in [-0.05, 0) is 26.7 Å². The standard InChI is InChI=1S/C15H19N5O3/c1-7(2)19-6-9-12(15(19)23)17-11-5-10(18-20(11)14(9)22)13(21)16-8-3-4-8/h5,7-8,15,18,23H,3-4,6H2,1-2H3,(H,16,21). The number of hydrogen-bond donors (Lipinski definition) is 3. The van der Waals surface area contributed by atoms with Crippen molar-refractivity contribution in [2.75, 3.05) is 0 Å². The third kappa shape index (κ3) is 2.25. The van der Waals surface area contributed by atoms with Crippen molar-refractivity contribution in [3.8, 4) is 0 Å². The molecule has 1 aliphatic heterocycles. The highest BCUT2D eigenvalue weighted by molar-refractivity contribution is 5.93. The number of carbonyl (C=O) groups is 1. The minimum absolute atomic E-state index is 0.0989. The summed E-state index contributed by atoms with van der Waals surface area (Å²) in [5.74, 6) is -0.234. The van der Waals surface area contributed by atoms with E-state index in [1.165, 1.54) is 4.52 Å². The van der Waals surface area contributed by atoms with Crippen LogP contribution in [0.15, 0.2) is 10.9 Å². The molecular formula is C15H19N5O3. The molecule has 1 aliphatic carbocycles. The van der Waals surface area contributed by atoms with Crippen LogP contribution in [0.5, 0.6) is 0 Å². The first-order valence-corrected chi connectivity index (χ1v) is 7.85. The Bertz CT molecular complexity index is 849. The van der Waals surface area contributed by atoms with Crippen LogP contribution < -0.4 is 10.9 Å². The lowest BCUT2D eigenvalue weighted by molar-refractivity contribution is -0.00947. The van der Waals surface area contributed by atoms with Gasteiger partial charge in [0.15, 0.2) is 11.9 Å². The molecule has 2 aliphatic rings. The first-order valence-electron chi connectivity index (χ1n) is 7.85.